The Morgan fingerprint density at radius 1 is 1.75 bits per heavy atom. The molecule has 2 rings (SSSR count). The van der Waals surface area contributed by atoms with Crippen molar-refractivity contribution in [2.45, 2.75) is 36.3 Å². The van der Waals surface area contributed by atoms with Crippen LogP contribution in [0.2, 0.25) is 0 Å². The van der Waals surface area contributed by atoms with E-state index < -0.39 is 0 Å². The van der Waals surface area contributed by atoms with Crippen LogP contribution in [0.5, 0.6) is 0 Å². The first-order valence-corrected chi connectivity index (χ1v) is 3.96. The number of ether oxygens (including phenoxy) is 1. The Hall–Kier alpha value is 0.440. The lowest BCUT2D eigenvalue weighted by molar-refractivity contribution is 0.269. The zero-order valence-corrected chi connectivity index (χ0v) is 6.44. The molecule has 2 fully saturated rings. The molecule has 1 aliphatic carbocycles. The van der Waals surface area contributed by atoms with Crippen molar-refractivity contribution in [3.05, 3.63) is 0 Å². The average molecular weight is 177 g/mol. The Morgan fingerprint density at radius 3 is 2.62 bits per heavy atom. The average Bonchev–Trinajstić information content (AvgIpc) is 2.32. The quantitative estimate of drug-likeness (QED) is 0.405. The number of hydrogen-bond donors (Lipinski definition) is 0. The summed E-state index contributed by atoms with van der Waals surface area (Å²) in [6.45, 7) is 2.19. The first-order chi connectivity index (χ1) is 3.72. The largest absolute Gasteiger partial charge is 0.365 e. The number of epoxide rings is 1. The van der Waals surface area contributed by atoms with Crippen LogP contribution in [0.25, 0.3) is 0 Å². The van der Waals surface area contributed by atoms with Gasteiger partial charge in [-0.05, 0) is 19.8 Å². The zero-order chi connectivity index (χ0) is 5.78. The fraction of sp³-hybridized carbons (Fsp3) is 1.00. The fourth-order valence-corrected chi connectivity index (χ4v) is 2.39. The van der Waals surface area contributed by atoms with Crippen molar-refractivity contribution < 1.29 is 4.74 Å². The lowest BCUT2D eigenvalue weighted by Gasteiger charge is -1.97. The van der Waals surface area contributed by atoms with Gasteiger partial charge in [-0.2, -0.15) is 0 Å². The molecule has 0 N–H and O–H groups in total. The van der Waals surface area contributed by atoms with Crippen LogP contribution in [0, 0.1) is 0 Å². The number of alkyl halides is 1. The summed E-state index contributed by atoms with van der Waals surface area (Å²) in [5.74, 6) is 0. The summed E-state index contributed by atoms with van der Waals surface area (Å²) in [5.41, 5.74) is 0.286. The van der Waals surface area contributed by atoms with E-state index in [1.165, 1.54) is 12.8 Å². The molecule has 0 aromatic rings. The van der Waals surface area contributed by atoms with Crippen molar-refractivity contribution >= 4 is 15.9 Å². The van der Waals surface area contributed by atoms with E-state index in [0.29, 0.717) is 10.9 Å². The minimum Gasteiger partial charge on any atom is -0.365 e. The second kappa shape index (κ2) is 1.29. The predicted molar refractivity (Wildman–Crippen MR) is 35.2 cm³/mol. The molecule has 0 bridgehead atoms. The Bertz CT molecular complexity index is 126. The van der Waals surface area contributed by atoms with Crippen LogP contribution in [0.1, 0.15) is 19.8 Å². The van der Waals surface area contributed by atoms with Gasteiger partial charge in [-0.3, -0.25) is 0 Å². The van der Waals surface area contributed by atoms with Crippen molar-refractivity contribution in [2.24, 2.45) is 0 Å². The van der Waals surface area contributed by atoms with E-state index in [4.69, 9.17) is 4.74 Å². The third kappa shape index (κ3) is 0.504. The summed E-state index contributed by atoms with van der Waals surface area (Å²) in [6, 6.07) is 0. The van der Waals surface area contributed by atoms with E-state index in [1.807, 2.05) is 0 Å². The maximum absolute atomic E-state index is 5.41. The predicted octanol–water partition coefficient (Wildman–Crippen LogP) is 1.70. The zero-order valence-electron chi connectivity index (χ0n) is 4.86. The molecule has 2 aliphatic rings. The van der Waals surface area contributed by atoms with E-state index >= 15 is 0 Å². The van der Waals surface area contributed by atoms with Gasteiger partial charge in [0.25, 0.3) is 0 Å². The lowest BCUT2D eigenvalue weighted by Crippen LogP contribution is -2.03. The first-order valence-electron chi connectivity index (χ1n) is 3.04. The van der Waals surface area contributed by atoms with Crippen LogP contribution < -0.4 is 0 Å². The molecule has 0 radical (unpaired) electrons. The van der Waals surface area contributed by atoms with Gasteiger partial charge in [0.15, 0.2) is 0 Å². The van der Waals surface area contributed by atoms with Crippen LogP contribution in [-0.2, 0) is 4.74 Å². The normalized spacial score (nSPS) is 60.8. The lowest BCUT2D eigenvalue weighted by atomic mass is 10.1. The molecule has 0 aromatic carbocycles. The highest BCUT2D eigenvalue weighted by molar-refractivity contribution is 9.09. The Balaban J connectivity index is 2.15. The van der Waals surface area contributed by atoms with Crippen molar-refractivity contribution in [3.63, 3.8) is 0 Å². The van der Waals surface area contributed by atoms with Crippen LogP contribution in [-0.4, -0.2) is 16.5 Å². The smallest absolute Gasteiger partial charge is 0.0995 e. The van der Waals surface area contributed by atoms with Gasteiger partial charge in [-0.1, -0.05) is 15.9 Å². The van der Waals surface area contributed by atoms with Gasteiger partial charge in [0.2, 0.25) is 0 Å². The number of halogens is 1. The monoisotopic (exact) mass is 176 g/mol. The SMILES string of the molecule is C[C@@]12CC[C@@H](Br)[C@@H]1O2. The van der Waals surface area contributed by atoms with Gasteiger partial charge in [0, 0.05) is 4.83 Å². The van der Waals surface area contributed by atoms with E-state index in [1.54, 1.807) is 0 Å². The van der Waals surface area contributed by atoms with Crippen LogP contribution in [0.15, 0.2) is 0 Å². The Labute approximate surface area is 57.5 Å². The minimum absolute atomic E-state index is 0.286. The highest BCUT2D eigenvalue weighted by Crippen LogP contribution is 2.51. The van der Waals surface area contributed by atoms with Gasteiger partial charge in [0.1, 0.15) is 0 Å². The van der Waals surface area contributed by atoms with E-state index in [2.05, 4.69) is 22.9 Å². The van der Waals surface area contributed by atoms with Gasteiger partial charge in [-0.25, -0.2) is 0 Å². The molecule has 1 saturated heterocycles. The van der Waals surface area contributed by atoms with Gasteiger partial charge in [0.05, 0.1) is 11.7 Å². The van der Waals surface area contributed by atoms with E-state index in [9.17, 15) is 0 Å². The van der Waals surface area contributed by atoms with Crippen molar-refractivity contribution in [1.82, 2.24) is 0 Å². The van der Waals surface area contributed by atoms with Gasteiger partial charge in [-0.15, -0.1) is 0 Å². The van der Waals surface area contributed by atoms with E-state index in [0.717, 1.165) is 0 Å². The highest BCUT2D eigenvalue weighted by atomic mass is 79.9. The maximum atomic E-state index is 5.41. The summed E-state index contributed by atoms with van der Waals surface area (Å²) in [4.78, 5) is 0.646. The van der Waals surface area contributed by atoms with Gasteiger partial charge >= 0.3 is 0 Å². The molecule has 1 aliphatic heterocycles. The summed E-state index contributed by atoms with van der Waals surface area (Å²) >= 11 is 3.56. The Morgan fingerprint density at radius 2 is 2.50 bits per heavy atom. The van der Waals surface area contributed by atoms with Crippen molar-refractivity contribution in [2.75, 3.05) is 0 Å². The Kier molecular flexibility index (Phi) is 0.848. The first kappa shape index (κ1) is 5.24. The molecule has 3 atom stereocenters. The molecular formula is C6H9BrO. The fourth-order valence-electron chi connectivity index (χ4n) is 1.49. The number of rotatable bonds is 0. The summed E-state index contributed by atoms with van der Waals surface area (Å²) in [6.07, 6.45) is 3.08. The molecule has 8 heavy (non-hydrogen) atoms. The molecule has 0 unspecified atom stereocenters. The summed E-state index contributed by atoms with van der Waals surface area (Å²) in [5, 5.41) is 0. The molecule has 1 saturated carbocycles. The van der Waals surface area contributed by atoms with Gasteiger partial charge < -0.3 is 4.74 Å². The molecule has 2 heteroatoms. The topological polar surface area (TPSA) is 12.5 Å². The summed E-state index contributed by atoms with van der Waals surface area (Å²) < 4.78 is 5.41. The molecule has 0 aromatic heterocycles. The second-order valence-electron chi connectivity index (χ2n) is 2.91. The second-order valence-corrected chi connectivity index (χ2v) is 4.08. The molecule has 0 amide bonds. The number of hydrogen-bond acceptors (Lipinski definition) is 1. The third-order valence-corrected chi connectivity index (χ3v) is 3.12. The molecule has 0 spiro atoms. The maximum Gasteiger partial charge on any atom is 0.0995 e. The van der Waals surface area contributed by atoms with E-state index in [-0.39, 0.29) is 5.60 Å². The standard InChI is InChI=1S/C6H9BrO/c1-6-3-2-4(7)5(6)8-6/h4-5H,2-3H2,1H3/t4-,5+,6-/m1/s1. The highest BCUT2D eigenvalue weighted by Gasteiger charge is 2.59. The van der Waals surface area contributed by atoms with Crippen LogP contribution in [0.4, 0.5) is 0 Å². The molecule has 46 valence electrons. The van der Waals surface area contributed by atoms with Crippen molar-refractivity contribution in [3.8, 4) is 0 Å². The van der Waals surface area contributed by atoms with Crippen LogP contribution in [0.3, 0.4) is 0 Å². The van der Waals surface area contributed by atoms with Crippen molar-refractivity contribution in [1.29, 1.82) is 0 Å². The third-order valence-electron chi connectivity index (χ3n) is 2.19. The van der Waals surface area contributed by atoms with Crippen LogP contribution >= 0.6 is 15.9 Å². The molecular weight excluding hydrogens is 168 g/mol. The molecule has 1 heterocycles. The molecule has 1 nitrogen and oxygen atoms in total. The minimum atomic E-state index is 0.286. The summed E-state index contributed by atoms with van der Waals surface area (Å²) in [7, 11) is 0. The number of fused-ring (bicyclic) bond motifs is 1.